The molecule has 2 amide bonds. The lowest BCUT2D eigenvalue weighted by molar-refractivity contribution is -0.0365. The number of rotatable bonds is 4. The Kier molecular flexibility index (Phi) is 5.39. The van der Waals surface area contributed by atoms with Crippen molar-refractivity contribution in [2.75, 3.05) is 26.2 Å². The summed E-state index contributed by atoms with van der Waals surface area (Å²) in [5, 5.41) is 4.22. The van der Waals surface area contributed by atoms with Crippen molar-refractivity contribution in [1.82, 2.24) is 20.2 Å². The largest absolute Gasteiger partial charge is 0.378 e. The van der Waals surface area contributed by atoms with Gasteiger partial charge in [-0.25, -0.2) is 9.78 Å². The molecule has 0 aliphatic carbocycles. The zero-order valence-electron chi connectivity index (χ0n) is 15.2. The molecule has 0 aromatic carbocycles. The number of H-pyrrole nitrogens is 1. The van der Waals surface area contributed by atoms with E-state index in [-0.39, 0.29) is 6.03 Å². The second kappa shape index (κ2) is 8.08. The molecule has 2 N–H and O–H groups in total. The van der Waals surface area contributed by atoms with Gasteiger partial charge in [0.1, 0.15) is 5.65 Å². The lowest BCUT2D eigenvalue weighted by Crippen LogP contribution is -2.48. The second-order valence-corrected chi connectivity index (χ2v) is 7.45. The van der Waals surface area contributed by atoms with Crippen LogP contribution in [0.5, 0.6) is 0 Å². The van der Waals surface area contributed by atoms with Gasteiger partial charge in [-0.05, 0) is 56.2 Å². The van der Waals surface area contributed by atoms with Gasteiger partial charge in [0.25, 0.3) is 0 Å². The fourth-order valence-corrected chi connectivity index (χ4v) is 4.27. The molecule has 4 rings (SSSR count). The van der Waals surface area contributed by atoms with Crippen molar-refractivity contribution < 1.29 is 9.53 Å². The number of amides is 2. The highest BCUT2D eigenvalue weighted by Crippen LogP contribution is 2.27. The smallest absolute Gasteiger partial charge is 0.317 e. The van der Waals surface area contributed by atoms with E-state index in [1.165, 1.54) is 24.8 Å². The third-order valence-corrected chi connectivity index (χ3v) is 5.69. The first-order chi connectivity index (χ1) is 12.8. The van der Waals surface area contributed by atoms with Gasteiger partial charge in [-0.3, -0.25) is 0 Å². The van der Waals surface area contributed by atoms with Crippen molar-refractivity contribution in [3.63, 3.8) is 0 Å². The van der Waals surface area contributed by atoms with Gasteiger partial charge < -0.3 is 19.9 Å². The van der Waals surface area contributed by atoms with Gasteiger partial charge in [-0.15, -0.1) is 0 Å². The molecule has 0 bridgehead atoms. The second-order valence-electron chi connectivity index (χ2n) is 7.45. The number of carbonyl (C=O) groups excluding carboxylic acids is 1. The molecule has 140 valence electrons. The van der Waals surface area contributed by atoms with E-state index >= 15 is 0 Å². The third kappa shape index (κ3) is 3.85. The first-order valence-corrected chi connectivity index (χ1v) is 9.86. The Balaban J connectivity index is 1.27. The summed E-state index contributed by atoms with van der Waals surface area (Å²) in [6, 6.07) is 4.07. The first-order valence-electron chi connectivity index (χ1n) is 9.86. The average molecular weight is 356 g/mol. The van der Waals surface area contributed by atoms with Crippen molar-refractivity contribution in [3.8, 4) is 0 Å². The fourth-order valence-electron chi connectivity index (χ4n) is 4.27. The van der Waals surface area contributed by atoms with Gasteiger partial charge in [0, 0.05) is 49.9 Å². The third-order valence-electron chi connectivity index (χ3n) is 5.69. The van der Waals surface area contributed by atoms with E-state index in [0.29, 0.717) is 18.6 Å². The van der Waals surface area contributed by atoms with Crippen molar-refractivity contribution in [1.29, 1.82) is 0 Å². The highest BCUT2D eigenvalue weighted by Gasteiger charge is 2.30. The number of ether oxygens (including phenoxy) is 1. The van der Waals surface area contributed by atoms with Gasteiger partial charge >= 0.3 is 6.03 Å². The zero-order valence-corrected chi connectivity index (χ0v) is 15.2. The Morgan fingerprint density at radius 2 is 2.31 bits per heavy atom. The maximum atomic E-state index is 12.6. The number of hydrogen-bond donors (Lipinski definition) is 2. The summed E-state index contributed by atoms with van der Waals surface area (Å²) < 4.78 is 5.95. The van der Waals surface area contributed by atoms with Crippen LogP contribution >= 0.6 is 0 Å². The van der Waals surface area contributed by atoms with Crippen LogP contribution in [-0.4, -0.2) is 53.2 Å². The van der Waals surface area contributed by atoms with Crippen LogP contribution in [-0.2, 0) is 11.2 Å². The monoisotopic (exact) mass is 356 g/mol. The molecule has 2 saturated heterocycles. The van der Waals surface area contributed by atoms with Gasteiger partial charge in [0.2, 0.25) is 0 Å². The fraction of sp³-hybridized carbons (Fsp3) is 0.600. The number of piperidine rings is 1. The van der Waals surface area contributed by atoms with Crippen LogP contribution in [0.1, 0.15) is 37.7 Å². The minimum absolute atomic E-state index is 0.0588. The molecular formula is C20H28N4O2. The number of fused-ring (bicyclic) bond motifs is 1. The molecule has 2 fully saturated rings. The lowest BCUT2D eigenvalue weighted by atomic mass is 9.88. The molecule has 2 aromatic rings. The van der Waals surface area contributed by atoms with E-state index in [0.717, 1.165) is 50.0 Å². The Bertz CT molecular complexity index is 738. The predicted octanol–water partition coefficient (Wildman–Crippen LogP) is 3.10. The number of aromatic amines is 1. The summed E-state index contributed by atoms with van der Waals surface area (Å²) in [7, 11) is 0. The molecule has 0 spiro atoms. The maximum absolute atomic E-state index is 12.6. The van der Waals surface area contributed by atoms with Crippen LogP contribution in [0.4, 0.5) is 4.79 Å². The van der Waals surface area contributed by atoms with Crippen LogP contribution in [0, 0.1) is 5.92 Å². The molecule has 6 heteroatoms. The molecule has 2 unspecified atom stereocenters. The summed E-state index contributed by atoms with van der Waals surface area (Å²) >= 11 is 0. The average Bonchev–Trinajstić information content (AvgIpc) is 3.12. The maximum Gasteiger partial charge on any atom is 0.317 e. The van der Waals surface area contributed by atoms with Gasteiger partial charge in [-0.1, -0.05) is 0 Å². The molecule has 2 aliphatic rings. The minimum Gasteiger partial charge on any atom is -0.378 e. The molecule has 4 heterocycles. The van der Waals surface area contributed by atoms with Crippen LogP contribution in [0.15, 0.2) is 24.5 Å². The number of likely N-dealkylation sites (tertiary alicyclic amines) is 1. The molecule has 26 heavy (non-hydrogen) atoms. The zero-order chi connectivity index (χ0) is 17.8. The molecule has 6 nitrogen and oxygen atoms in total. The Hall–Kier alpha value is -2.08. The Labute approximate surface area is 154 Å². The number of urea groups is 1. The highest BCUT2D eigenvalue weighted by atomic mass is 16.5. The van der Waals surface area contributed by atoms with Crippen molar-refractivity contribution in [3.05, 3.63) is 30.1 Å². The van der Waals surface area contributed by atoms with Crippen LogP contribution in [0.2, 0.25) is 0 Å². The van der Waals surface area contributed by atoms with E-state index < -0.39 is 0 Å². The molecule has 0 saturated carbocycles. The van der Waals surface area contributed by atoms with Crippen molar-refractivity contribution >= 4 is 17.1 Å². The van der Waals surface area contributed by atoms with E-state index in [9.17, 15) is 4.79 Å². The Morgan fingerprint density at radius 1 is 1.35 bits per heavy atom. The lowest BCUT2D eigenvalue weighted by Gasteiger charge is -2.38. The highest BCUT2D eigenvalue weighted by molar-refractivity contribution is 5.79. The molecule has 2 aliphatic heterocycles. The molecule has 2 atom stereocenters. The van der Waals surface area contributed by atoms with Gasteiger partial charge in [-0.2, -0.15) is 0 Å². The number of hydrogen-bond acceptors (Lipinski definition) is 3. The number of carbonyl (C=O) groups is 1. The standard InChI is InChI=1S/C20H28N4O2/c25-20(22-10-8-15-13-23-19-17(15)6-3-9-21-19)24-11-4-5-16(14-24)18-7-1-2-12-26-18/h3,6,9,13,16,18H,1-2,4-5,7-8,10-12,14H2,(H,21,23)(H,22,25). The molecular weight excluding hydrogens is 328 g/mol. The van der Waals surface area contributed by atoms with Crippen molar-refractivity contribution in [2.45, 2.75) is 44.6 Å². The van der Waals surface area contributed by atoms with E-state index in [4.69, 9.17) is 4.74 Å². The SMILES string of the molecule is O=C(NCCc1c[nH]c2ncccc12)N1CCCC(C2CCCCO2)C1. The normalized spacial score (nSPS) is 23.9. The Morgan fingerprint density at radius 3 is 3.19 bits per heavy atom. The summed E-state index contributed by atoms with van der Waals surface area (Å²) in [4.78, 5) is 22.0. The number of pyridine rings is 1. The van der Waals surface area contributed by atoms with E-state index in [2.05, 4.69) is 21.4 Å². The van der Waals surface area contributed by atoms with Crippen molar-refractivity contribution in [2.24, 2.45) is 5.92 Å². The van der Waals surface area contributed by atoms with Crippen LogP contribution in [0.3, 0.4) is 0 Å². The summed E-state index contributed by atoms with van der Waals surface area (Å²) in [6.07, 6.45) is 10.8. The van der Waals surface area contributed by atoms with E-state index in [1.54, 1.807) is 6.20 Å². The minimum atomic E-state index is 0.0588. The van der Waals surface area contributed by atoms with Gasteiger partial charge in [0.05, 0.1) is 6.10 Å². The first kappa shape index (κ1) is 17.3. The number of aromatic nitrogens is 2. The molecule has 2 aromatic heterocycles. The topological polar surface area (TPSA) is 70.2 Å². The summed E-state index contributed by atoms with van der Waals surface area (Å²) in [6.45, 7) is 3.20. The predicted molar refractivity (Wildman–Crippen MR) is 101 cm³/mol. The van der Waals surface area contributed by atoms with Crippen LogP contribution < -0.4 is 5.32 Å². The quantitative estimate of drug-likeness (QED) is 0.884. The number of nitrogens with one attached hydrogen (secondary N) is 2. The number of nitrogens with zero attached hydrogens (tertiary/aromatic N) is 2. The summed E-state index contributed by atoms with van der Waals surface area (Å²) in [5.74, 6) is 0.495. The molecule has 0 radical (unpaired) electrons. The van der Waals surface area contributed by atoms with Crippen LogP contribution in [0.25, 0.3) is 11.0 Å². The van der Waals surface area contributed by atoms with E-state index in [1.807, 2.05) is 17.2 Å². The summed E-state index contributed by atoms with van der Waals surface area (Å²) in [5.41, 5.74) is 2.10. The van der Waals surface area contributed by atoms with Gasteiger partial charge in [0.15, 0.2) is 0 Å².